The fraction of sp³-hybridized carbons (Fsp3) is 0.250. The second kappa shape index (κ2) is 4.48. The molecular formula is C12H12N2O4. The highest BCUT2D eigenvalue weighted by Crippen LogP contribution is 2.30. The molecule has 0 aliphatic heterocycles. The van der Waals surface area contributed by atoms with Crippen LogP contribution < -0.4 is 10.3 Å². The van der Waals surface area contributed by atoms with E-state index in [0.717, 1.165) is 0 Å². The quantitative estimate of drug-likeness (QED) is 0.666. The van der Waals surface area contributed by atoms with E-state index in [1.807, 2.05) is 0 Å². The van der Waals surface area contributed by atoms with E-state index in [2.05, 4.69) is 4.98 Å². The number of H-pyrrole nitrogens is 1. The zero-order chi connectivity index (χ0) is 13.3. The summed E-state index contributed by atoms with van der Waals surface area (Å²) >= 11 is 0. The number of aromatic amines is 1. The number of aromatic nitrogens is 1. The number of nitrogens with zero attached hydrogens (tertiary/aromatic N) is 1. The minimum atomic E-state index is -0.480. The minimum Gasteiger partial charge on any atom is -0.491 e. The third-order valence-corrected chi connectivity index (χ3v) is 2.62. The third-order valence-electron chi connectivity index (χ3n) is 2.62. The average molecular weight is 248 g/mol. The number of nitro groups is 1. The van der Waals surface area contributed by atoms with Crippen molar-refractivity contribution in [3.05, 3.63) is 44.2 Å². The number of hydrogen-bond acceptors (Lipinski definition) is 4. The number of hydrogen-bond donors (Lipinski definition) is 1. The van der Waals surface area contributed by atoms with Gasteiger partial charge in [0.15, 0.2) is 0 Å². The van der Waals surface area contributed by atoms with Crippen LogP contribution in [-0.4, -0.2) is 16.5 Å². The Morgan fingerprint density at radius 2 is 2.11 bits per heavy atom. The lowest BCUT2D eigenvalue weighted by molar-refractivity contribution is -0.384. The highest BCUT2D eigenvalue weighted by molar-refractivity contribution is 5.89. The van der Waals surface area contributed by atoms with Gasteiger partial charge in [-0.05, 0) is 19.4 Å². The van der Waals surface area contributed by atoms with Crippen molar-refractivity contribution < 1.29 is 9.66 Å². The first-order valence-corrected chi connectivity index (χ1v) is 5.47. The molecule has 2 aromatic rings. The van der Waals surface area contributed by atoms with Gasteiger partial charge in [-0.2, -0.15) is 0 Å². The molecule has 0 unspecified atom stereocenters. The standard InChI is InChI=1S/C12H12N2O4/c1-3-18-10-6-8(14(16)17)5-9-7(2)4-11(15)13-12(9)10/h4-6H,3H2,1-2H3,(H,13,15). The van der Waals surface area contributed by atoms with Crippen LogP contribution in [0.2, 0.25) is 0 Å². The van der Waals surface area contributed by atoms with E-state index in [1.54, 1.807) is 13.8 Å². The Kier molecular flexibility index (Phi) is 3.01. The van der Waals surface area contributed by atoms with Crippen LogP contribution in [0.5, 0.6) is 5.75 Å². The summed E-state index contributed by atoms with van der Waals surface area (Å²) in [6.07, 6.45) is 0. The van der Waals surface area contributed by atoms with Gasteiger partial charge in [0.25, 0.3) is 5.69 Å². The number of nitro benzene ring substituents is 1. The van der Waals surface area contributed by atoms with Gasteiger partial charge in [-0.1, -0.05) is 0 Å². The Morgan fingerprint density at radius 1 is 1.39 bits per heavy atom. The molecule has 0 amide bonds. The number of aryl methyl sites for hydroxylation is 1. The summed E-state index contributed by atoms with van der Waals surface area (Å²) in [6.45, 7) is 3.88. The van der Waals surface area contributed by atoms with Crippen LogP contribution in [0.3, 0.4) is 0 Å². The van der Waals surface area contributed by atoms with E-state index in [1.165, 1.54) is 18.2 Å². The van der Waals surface area contributed by atoms with Crippen molar-refractivity contribution in [3.63, 3.8) is 0 Å². The molecule has 1 N–H and O–H groups in total. The van der Waals surface area contributed by atoms with Gasteiger partial charge in [0.1, 0.15) is 5.75 Å². The van der Waals surface area contributed by atoms with Gasteiger partial charge >= 0.3 is 0 Å². The summed E-state index contributed by atoms with van der Waals surface area (Å²) in [4.78, 5) is 24.5. The fourth-order valence-corrected chi connectivity index (χ4v) is 1.85. The number of ether oxygens (including phenoxy) is 1. The van der Waals surface area contributed by atoms with Crippen LogP contribution in [0, 0.1) is 17.0 Å². The lowest BCUT2D eigenvalue weighted by Gasteiger charge is -2.08. The van der Waals surface area contributed by atoms with Crippen molar-refractivity contribution in [1.82, 2.24) is 4.98 Å². The summed E-state index contributed by atoms with van der Waals surface area (Å²) in [5.41, 5.74) is 0.863. The van der Waals surface area contributed by atoms with E-state index in [9.17, 15) is 14.9 Å². The molecule has 0 bridgehead atoms. The summed E-state index contributed by atoms with van der Waals surface area (Å²) in [5.74, 6) is 0.322. The summed E-state index contributed by atoms with van der Waals surface area (Å²) in [7, 11) is 0. The Balaban J connectivity index is 2.85. The molecule has 0 aliphatic carbocycles. The predicted octanol–water partition coefficient (Wildman–Crippen LogP) is 2.14. The number of pyridine rings is 1. The first-order valence-electron chi connectivity index (χ1n) is 5.47. The first-order chi connectivity index (χ1) is 8.52. The summed E-state index contributed by atoms with van der Waals surface area (Å²) in [6, 6.07) is 4.16. The van der Waals surface area contributed by atoms with Crippen LogP contribution in [0.15, 0.2) is 23.0 Å². The van der Waals surface area contributed by atoms with Gasteiger partial charge in [-0.25, -0.2) is 0 Å². The Hall–Kier alpha value is -2.37. The van der Waals surface area contributed by atoms with Gasteiger partial charge in [0, 0.05) is 17.5 Å². The van der Waals surface area contributed by atoms with Gasteiger partial charge in [0.2, 0.25) is 5.56 Å². The van der Waals surface area contributed by atoms with E-state index in [4.69, 9.17) is 4.74 Å². The molecule has 94 valence electrons. The van der Waals surface area contributed by atoms with Gasteiger partial charge in [0.05, 0.1) is 23.1 Å². The molecule has 6 nitrogen and oxygen atoms in total. The van der Waals surface area contributed by atoms with Crippen LogP contribution >= 0.6 is 0 Å². The number of rotatable bonds is 3. The molecule has 0 saturated carbocycles. The zero-order valence-electron chi connectivity index (χ0n) is 10.0. The maximum Gasteiger partial charge on any atom is 0.273 e. The fourth-order valence-electron chi connectivity index (χ4n) is 1.85. The normalized spacial score (nSPS) is 10.6. The molecule has 1 aromatic carbocycles. The van der Waals surface area contributed by atoms with E-state index in [-0.39, 0.29) is 11.2 Å². The Morgan fingerprint density at radius 3 is 2.72 bits per heavy atom. The molecule has 0 fully saturated rings. The van der Waals surface area contributed by atoms with Crippen LogP contribution in [0.4, 0.5) is 5.69 Å². The molecule has 1 aromatic heterocycles. The molecule has 6 heteroatoms. The predicted molar refractivity (Wildman–Crippen MR) is 67.1 cm³/mol. The molecular weight excluding hydrogens is 236 g/mol. The Bertz CT molecular complexity index is 676. The number of nitrogens with one attached hydrogen (secondary N) is 1. The van der Waals surface area contributed by atoms with E-state index < -0.39 is 4.92 Å². The van der Waals surface area contributed by atoms with E-state index in [0.29, 0.717) is 28.8 Å². The van der Waals surface area contributed by atoms with Gasteiger partial charge in [-0.3, -0.25) is 14.9 Å². The Labute approximate surface area is 102 Å². The molecule has 0 atom stereocenters. The molecule has 2 rings (SSSR count). The van der Waals surface area contributed by atoms with Crippen molar-refractivity contribution >= 4 is 16.6 Å². The summed E-state index contributed by atoms with van der Waals surface area (Å²) in [5, 5.41) is 11.5. The smallest absolute Gasteiger partial charge is 0.273 e. The van der Waals surface area contributed by atoms with Gasteiger partial charge in [-0.15, -0.1) is 0 Å². The highest BCUT2D eigenvalue weighted by Gasteiger charge is 2.14. The van der Waals surface area contributed by atoms with Gasteiger partial charge < -0.3 is 9.72 Å². The largest absolute Gasteiger partial charge is 0.491 e. The number of fused-ring (bicyclic) bond motifs is 1. The van der Waals surface area contributed by atoms with Crippen molar-refractivity contribution in [2.75, 3.05) is 6.61 Å². The number of benzene rings is 1. The average Bonchev–Trinajstić information content (AvgIpc) is 2.29. The van der Waals surface area contributed by atoms with Crippen LogP contribution in [0.25, 0.3) is 10.9 Å². The first kappa shape index (κ1) is 12.1. The monoisotopic (exact) mass is 248 g/mol. The zero-order valence-corrected chi connectivity index (χ0v) is 10.0. The third kappa shape index (κ3) is 2.04. The topological polar surface area (TPSA) is 85.2 Å². The van der Waals surface area contributed by atoms with Crippen LogP contribution in [0.1, 0.15) is 12.5 Å². The minimum absolute atomic E-state index is 0.0545. The maximum absolute atomic E-state index is 11.4. The molecule has 0 saturated heterocycles. The molecule has 0 radical (unpaired) electrons. The molecule has 0 aliphatic rings. The van der Waals surface area contributed by atoms with Crippen molar-refractivity contribution in [2.45, 2.75) is 13.8 Å². The lowest BCUT2D eigenvalue weighted by Crippen LogP contribution is -2.07. The van der Waals surface area contributed by atoms with Crippen LogP contribution in [-0.2, 0) is 0 Å². The summed E-state index contributed by atoms with van der Waals surface area (Å²) < 4.78 is 5.35. The molecule has 0 spiro atoms. The highest BCUT2D eigenvalue weighted by atomic mass is 16.6. The number of non-ortho nitro benzene ring substituents is 1. The molecule has 1 heterocycles. The van der Waals surface area contributed by atoms with E-state index >= 15 is 0 Å². The second-order valence-corrected chi connectivity index (χ2v) is 3.87. The van der Waals surface area contributed by atoms with Crippen molar-refractivity contribution in [1.29, 1.82) is 0 Å². The van der Waals surface area contributed by atoms with Crippen molar-refractivity contribution in [3.8, 4) is 5.75 Å². The maximum atomic E-state index is 11.4. The lowest BCUT2D eigenvalue weighted by atomic mass is 10.1. The second-order valence-electron chi connectivity index (χ2n) is 3.87. The molecule has 18 heavy (non-hydrogen) atoms. The SMILES string of the molecule is CCOc1cc([N+](=O)[O-])cc2c(C)cc(=O)[nH]c12. The van der Waals surface area contributed by atoms with Crippen molar-refractivity contribution in [2.24, 2.45) is 0 Å².